The van der Waals surface area contributed by atoms with Crippen molar-refractivity contribution in [1.29, 1.82) is 0 Å². The quantitative estimate of drug-likeness (QED) is 0.449. The molecule has 0 aliphatic carbocycles. The summed E-state index contributed by atoms with van der Waals surface area (Å²) in [7, 11) is 0. The first-order valence-electron chi connectivity index (χ1n) is 12.2. The summed E-state index contributed by atoms with van der Waals surface area (Å²) in [5.41, 5.74) is 1.76. The van der Waals surface area contributed by atoms with Crippen LogP contribution in [0, 0.1) is 24.2 Å². The number of aromatic nitrogens is 1. The van der Waals surface area contributed by atoms with E-state index in [1.54, 1.807) is 11.3 Å². The maximum atomic E-state index is 13.3. The Morgan fingerprint density at radius 1 is 1.24 bits per heavy atom. The number of ketones is 1. The zero-order chi connectivity index (χ0) is 25.2. The van der Waals surface area contributed by atoms with Crippen molar-refractivity contribution in [2.45, 2.75) is 98.6 Å². The first-order chi connectivity index (χ1) is 15.9. The molecule has 1 fully saturated rings. The van der Waals surface area contributed by atoms with Gasteiger partial charge < -0.3 is 14.6 Å². The van der Waals surface area contributed by atoms with E-state index in [1.165, 1.54) is 0 Å². The topological polar surface area (TPSA) is 85.7 Å². The molecule has 7 heteroatoms. The highest BCUT2D eigenvalue weighted by Crippen LogP contribution is 2.37. The van der Waals surface area contributed by atoms with Crippen LogP contribution in [-0.4, -0.2) is 46.3 Å². The summed E-state index contributed by atoms with van der Waals surface area (Å²) in [5, 5.41) is 13.9. The normalized spacial score (nSPS) is 35.2. The Bertz CT molecular complexity index is 962. The van der Waals surface area contributed by atoms with Crippen molar-refractivity contribution < 1.29 is 24.2 Å². The average molecular weight is 490 g/mol. The molecule has 34 heavy (non-hydrogen) atoms. The SMILES string of the molecule is C/C1=C\C2C[C@H](C)[C@H](O2)[C@@H](C)C(=O)C(C)(C)CCC(=O)O[C@H](/C(C)=C/c2csc(C)n2)CC1O. The van der Waals surface area contributed by atoms with E-state index < -0.39 is 17.6 Å². The highest BCUT2D eigenvalue weighted by Gasteiger charge is 2.42. The Hall–Kier alpha value is -1.83. The number of carbonyl (C=O) groups is 2. The summed E-state index contributed by atoms with van der Waals surface area (Å²) in [6.45, 7) is 13.6. The minimum atomic E-state index is -0.781. The number of fused-ring (bicyclic) bond motifs is 2. The van der Waals surface area contributed by atoms with Gasteiger partial charge in [-0.1, -0.05) is 33.8 Å². The molecular formula is C27H39NO5S. The number of aliphatic hydroxyl groups excluding tert-OH is 1. The number of rotatable bonds is 2. The van der Waals surface area contributed by atoms with Crippen molar-refractivity contribution >= 4 is 29.2 Å². The molecule has 1 saturated heterocycles. The van der Waals surface area contributed by atoms with E-state index in [4.69, 9.17) is 9.47 Å². The molecule has 0 aromatic carbocycles. The largest absolute Gasteiger partial charge is 0.458 e. The zero-order valence-electron chi connectivity index (χ0n) is 21.5. The fourth-order valence-electron chi connectivity index (χ4n) is 5.02. The minimum absolute atomic E-state index is 0.111. The van der Waals surface area contributed by atoms with Crippen molar-refractivity contribution in [3.8, 4) is 0 Å². The lowest BCUT2D eigenvalue weighted by Gasteiger charge is -2.30. The minimum Gasteiger partial charge on any atom is -0.458 e. The molecular weight excluding hydrogens is 450 g/mol. The molecule has 0 amide bonds. The fraction of sp³-hybridized carbons (Fsp3) is 0.667. The number of ether oxygens (including phenoxy) is 2. The lowest BCUT2D eigenvalue weighted by molar-refractivity contribution is -0.149. The molecule has 3 rings (SSSR count). The molecule has 1 aromatic heterocycles. The smallest absolute Gasteiger partial charge is 0.306 e. The summed E-state index contributed by atoms with van der Waals surface area (Å²) < 4.78 is 12.2. The molecule has 6 atom stereocenters. The summed E-state index contributed by atoms with van der Waals surface area (Å²) in [6, 6.07) is 0. The Balaban J connectivity index is 1.91. The van der Waals surface area contributed by atoms with E-state index >= 15 is 0 Å². The number of hydrogen-bond donors (Lipinski definition) is 1. The summed E-state index contributed by atoms with van der Waals surface area (Å²) in [4.78, 5) is 30.7. The first kappa shape index (κ1) is 26.8. The number of aryl methyl sites for hydroxylation is 1. The molecule has 2 unspecified atom stereocenters. The van der Waals surface area contributed by atoms with E-state index in [0.29, 0.717) is 6.42 Å². The molecule has 1 aromatic rings. The van der Waals surface area contributed by atoms with Crippen LogP contribution in [0.4, 0.5) is 0 Å². The predicted octanol–water partition coefficient (Wildman–Crippen LogP) is 5.28. The highest BCUT2D eigenvalue weighted by molar-refractivity contribution is 7.09. The molecule has 3 heterocycles. The Morgan fingerprint density at radius 2 is 1.94 bits per heavy atom. The second kappa shape index (κ2) is 10.8. The van der Waals surface area contributed by atoms with Crippen molar-refractivity contribution in [1.82, 2.24) is 4.98 Å². The standard InChI is InChI=1S/C27H39NO5S/c1-15-11-21-12-17(3)25(32-21)18(4)26(31)27(6,7)9-8-24(30)33-23(13-22(15)29)16(2)10-20-14-34-19(5)28-20/h10-11,14,17-18,21-23,25,29H,8-9,12-13H2,1-7H3/b15-11+,16-10+/t17-,18+,21?,22?,23-,25-/m0/s1. The highest BCUT2D eigenvalue weighted by atomic mass is 32.1. The second-order valence-corrected chi connectivity index (χ2v) is 11.8. The lowest BCUT2D eigenvalue weighted by Crippen LogP contribution is -2.38. The molecule has 0 radical (unpaired) electrons. The zero-order valence-corrected chi connectivity index (χ0v) is 22.3. The number of hydrogen-bond acceptors (Lipinski definition) is 7. The number of esters is 1. The van der Waals surface area contributed by atoms with Gasteiger partial charge in [-0.25, -0.2) is 4.98 Å². The number of carbonyl (C=O) groups excluding carboxylic acids is 2. The van der Waals surface area contributed by atoms with Crippen molar-refractivity contribution in [2.24, 2.45) is 17.3 Å². The van der Waals surface area contributed by atoms with Gasteiger partial charge >= 0.3 is 5.97 Å². The molecule has 6 nitrogen and oxygen atoms in total. The second-order valence-electron chi connectivity index (χ2n) is 10.7. The van der Waals surface area contributed by atoms with Crippen molar-refractivity contribution in [3.63, 3.8) is 0 Å². The van der Waals surface area contributed by atoms with Gasteiger partial charge in [-0.15, -0.1) is 11.3 Å². The summed E-state index contributed by atoms with van der Waals surface area (Å²) in [6.07, 6.45) is 3.79. The Morgan fingerprint density at radius 3 is 2.59 bits per heavy atom. The molecule has 0 spiro atoms. The third-order valence-corrected chi connectivity index (χ3v) is 8.02. The van der Waals surface area contributed by atoms with Crippen LogP contribution in [0.25, 0.3) is 6.08 Å². The molecule has 2 bridgehead atoms. The van der Waals surface area contributed by atoms with Crippen LogP contribution in [0.15, 0.2) is 22.6 Å². The van der Waals surface area contributed by atoms with Crippen LogP contribution in [-0.2, 0) is 19.1 Å². The van der Waals surface area contributed by atoms with Gasteiger partial charge in [-0.3, -0.25) is 9.59 Å². The average Bonchev–Trinajstić information content (AvgIpc) is 3.34. The van der Waals surface area contributed by atoms with E-state index in [0.717, 1.165) is 28.3 Å². The van der Waals surface area contributed by atoms with Crippen LogP contribution >= 0.6 is 11.3 Å². The third-order valence-electron chi connectivity index (χ3n) is 7.23. The molecule has 0 saturated carbocycles. The maximum Gasteiger partial charge on any atom is 0.306 e. The van der Waals surface area contributed by atoms with Gasteiger partial charge in [0.15, 0.2) is 0 Å². The number of aliphatic hydroxyl groups is 1. The number of cyclic esters (lactones) is 1. The van der Waals surface area contributed by atoms with Gasteiger partial charge in [0.1, 0.15) is 11.9 Å². The van der Waals surface area contributed by atoms with E-state index in [9.17, 15) is 14.7 Å². The van der Waals surface area contributed by atoms with Crippen molar-refractivity contribution in [3.05, 3.63) is 33.3 Å². The van der Waals surface area contributed by atoms with E-state index in [2.05, 4.69) is 11.9 Å². The van der Waals surface area contributed by atoms with Gasteiger partial charge in [0.25, 0.3) is 0 Å². The van der Waals surface area contributed by atoms with E-state index in [1.807, 2.05) is 59.1 Å². The van der Waals surface area contributed by atoms with Crippen molar-refractivity contribution in [2.75, 3.05) is 0 Å². The van der Waals surface area contributed by atoms with Crippen LogP contribution in [0.5, 0.6) is 0 Å². The fourth-order valence-corrected chi connectivity index (χ4v) is 5.59. The van der Waals surface area contributed by atoms with E-state index in [-0.39, 0.29) is 48.6 Å². The predicted molar refractivity (Wildman–Crippen MR) is 134 cm³/mol. The first-order valence-corrected chi connectivity index (χ1v) is 13.1. The number of nitrogens with zero attached hydrogens (tertiary/aromatic N) is 1. The molecule has 1 N–H and O–H groups in total. The molecule has 2 aliphatic heterocycles. The van der Waals surface area contributed by atoms with Crippen LogP contribution in [0.2, 0.25) is 0 Å². The van der Waals surface area contributed by atoms with Gasteiger partial charge in [0.05, 0.1) is 29.0 Å². The summed E-state index contributed by atoms with van der Waals surface area (Å²) in [5.74, 6) is -0.289. The third kappa shape index (κ3) is 6.43. The van der Waals surface area contributed by atoms with Crippen LogP contribution in [0.1, 0.15) is 77.9 Å². The van der Waals surface area contributed by atoms with Gasteiger partial charge in [0.2, 0.25) is 0 Å². The Labute approximate surface area is 207 Å². The molecule has 188 valence electrons. The van der Waals surface area contributed by atoms with Gasteiger partial charge in [-0.2, -0.15) is 0 Å². The number of Topliss-reactive ketones (excluding diaryl/α,β-unsaturated/α-hetero) is 1. The van der Waals surface area contributed by atoms with Gasteiger partial charge in [0, 0.05) is 29.6 Å². The number of thiazole rings is 1. The summed E-state index contributed by atoms with van der Waals surface area (Å²) >= 11 is 1.56. The van der Waals surface area contributed by atoms with Crippen LogP contribution < -0.4 is 0 Å². The Kier molecular flexibility index (Phi) is 8.53. The monoisotopic (exact) mass is 489 g/mol. The molecule has 2 aliphatic rings. The lowest BCUT2D eigenvalue weighted by atomic mass is 9.75. The van der Waals surface area contributed by atoms with Gasteiger partial charge in [-0.05, 0) is 56.8 Å². The maximum absolute atomic E-state index is 13.3. The van der Waals surface area contributed by atoms with Crippen LogP contribution in [0.3, 0.4) is 0 Å².